The largest absolute Gasteiger partial charge is 0.325 e. The van der Waals surface area contributed by atoms with Crippen molar-refractivity contribution < 1.29 is 9.59 Å². The monoisotopic (exact) mass is 489 g/mol. The zero-order valence-corrected chi connectivity index (χ0v) is 19.6. The van der Waals surface area contributed by atoms with Gasteiger partial charge in [0.2, 0.25) is 5.91 Å². The van der Waals surface area contributed by atoms with E-state index in [1.54, 1.807) is 46.5 Å². The van der Waals surface area contributed by atoms with Gasteiger partial charge in [-0.25, -0.2) is 4.98 Å². The van der Waals surface area contributed by atoms with Crippen LogP contribution in [0.15, 0.2) is 77.8 Å². The molecule has 2 N–H and O–H groups in total. The van der Waals surface area contributed by atoms with Gasteiger partial charge in [0.05, 0.1) is 11.4 Å². The fourth-order valence-corrected chi connectivity index (χ4v) is 4.65. The Hall–Kier alpha value is -3.96. The van der Waals surface area contributed by atoms with Crippen LogP contribution in [-0.2, 0) is 11.8 Å². The van der Waals surface area contributed by atoms with E-state index in [0.29, 0.717) is 22.1 Å². The van der Waals surface area contributed by atoms with E-state index in [1.165, 1.54) is 11.8 Å². The Morgan fingerprint density at radius 2 is 1.94 bits per heavy atom. The van der Waals surface area contributed by atoms with Crippen molar-refractivity contribution in [1.29, 1.82) is 0 Å². The summed E-state index contributed by atoms with van der Waals surface area (Å²) in [4.78, 5) is 30.6. The van der Waals surface area contributed by atoms with Gasteiger partial charge in [-0.2, -0.15) is 0 Å². The van der Waals surface area contributed by atoms with Gasteiger partial charge in [-0.15, -0.1) is 21.5 Å². The number of nitrogens with one attached hydrogen (secondary N) is 2. The molecule has 0 aliphatic heterocycles. The third kappa shape index (κ3) is 4.85. The molecule has 34 heavy (non-hydrogen) atoms. The van der Waals surface area contributed by atoms with Crippen molar-refractivity contribution in [2.45, 2.75) is 5.16 Å². The molecule has 3 aromatic heterocycles. The summed E-state index contributed by atoms with van der Waals surface area (Å²) in [5.74, 6) is -0.274. The van der Waals surface area contributed by atoms with Crippen molar-refractivity contribution in [3.63, 3.8) is 0 Å². The van der Waals surface area contributed by atoms with Crippen LogP contribution in [0, 0.1) is 0 Å². The van der Waals surface area contributed by atoms with Gasteiger partial charge < -0.3 is 15.2 Å². The van der Waals surface area contributed by atoms with E-state index >= 15 is 0 Å². The molecule has 0 fully saturated rings. The maximum atomic E-state index is 12.7. The molecule has 0 radical (unpaired) electrons. The highest BCUT2D eigenvalue weighted by atomic mass is 32.2. The Balaban J connectivity index is 1.20. The van der Waals surface area contributed by atoms with Crippen LogP contribution in [0.1, 0.15) is 10.4 Å². The number of carbonyl (C=O) groups excluding carboxylic acids is 2. The number of carbonyl (C=O) groups is 2. The molecule has 0 bridgehead atoms. The molecular weight excluding hydrogens is 470 g/mol. The molecule has 0 saturated heterocycles. The topological polar surface area (TPSA) is 106 Å². The minimum atomic E-state index is -0.264. The average molecular weight is 490 g/mol. The Morgan fingerprint density at radius 3 is 2.71 bits per heavy atom. The minimum absolute atomic E-state index is 0.185. The summed E-state index contributed by atoms with van der Waals surface area (Å²) in [7, 11) is 1.82. The van der Waals surface area contributed by atoms with E-state index in [0.717, 1.165) is 16.2 Å². The molecule has 5 aromatic rings. The van der Waals surface area contributed by atoms with Crippen molar-refractivity contribution in [3.05, 3.63) is 78.2 Å². The molecule has 170 valence electrons. The van der Waals surface area contributed by atoms with Gasteiger partial charge >= 0.3 is 0 Å². The predicted molar refractivity (Wildman–Crippen MR) is 133 cm³/mol. The molecule has 0 aliphatic carbocycles. The number of benzene rings is 2. The first-order valence-electron chi connectivity index (χ1n) is 10.3. The number of nitrogens with zero attached hydrogens (tertiary/aromatic N) is 5. The van der Waals surface area contributed by atoms with Gasteiger partial charge in [0.15, 0.2) is 10.1 Å². The summed E-state index contributed by atoms with van der Waals surface area (Å²) in [6, 6.07) is 14.4. The van der Waals surface area contributed by atoms with Crippen molar-refractivity contribution >= 4 is 51.2 Å². The number of hydrogen-bond acceptors (Lipinski definition) is 7. The standard InChI is InChI=1S/C23H19N7O2S2/c1-29-14-24-28-23(29)34-13-20(31)25-18-4-2-3-16(11-18)21(32)26-17-7-5-15(6-8-17)19-12-30-9-10-33-22(30)27-19/h2-12,14H,13H2,1H3,(H,25,31)(H,26,32). The maximum absolute atomic E-state index is 12.7. The van der Waals surface area contributed by atoms with E-state index < -0.39 is 0 Å². The van der Waals surface area contributed by atoms with Crippen molar-refractivity contribution in [3.8, 4) is 11.3 Å². The van der Waals surface area contributed by atoms with Gasteiger partial charge in [-0.05, 0) is 30.3 Å². The summed E-state index contributed by atoms with van der Waals surface area (Å²) >= 11 is 2.87. The summed E-state index contributed by atoms with van der Waals surface area (Å²) < 4.78 is 3.73. The first-order valence-corrected chi connectivity index (χ1v) is 12.1. The molecule has 11 heteroatoms. The van der Waals surface area contributed by atoms with Crippen LogP contribution in [0.3, 0.4) is 0 Å². The highest BCUT2D eigenvalue weighted by Crippen LogP contribution is 2.23. The summed E-state index contributed by atoms with van der Waals surface area (Å²) in [5, 5.41) is 16.1. The number of thiazole rings is 1. The van der Waals surface area contributed by atoms with Gasteiger partial charge in [-0.1, -0.05) is 30.0 Å². The first-order chi connectivity index (χ1) is 16.5. The molecular formula is C23H19N7O2S2. The SMILES string of the molecule is Cn1cnnc1SCC(=O)Nc1cccc(C(=O)Nc2ccc(-c3cn4ccsc4n3)cc2)c1. The van der Waals surface area contributed by atoms with Gasteiger partial charge in [0.25, 0.3) is 5.91 Å². The lowest BCUT2D eigenvalue weighted by Gasteiger charge is -2.09. The van der Waals surface area contributed by atoms with Crippen LogP contribution in [0.25, 0.3) is 16.2 Å². The maximum Gasteiger partial charge on any atom is 0.255 e. The fraction of sp³-hybridized carbons (Fsp3) is 0.0870. The Labute approximate surface area is 202 Å². The summed E-state index contributed by atoms with van der Waals surface area (Å²) in [6.45, 7) is 0. The molecule has 3 heterocycles. The average Bonchev–Trinajstić information content (AvgIpc) is 3.55. The number of fused-ring (bicyclic) bond motifs is 1. The molecule has 2 amide bonds. The number of anilines is 2. The van der Waals surface area contributed by atoms with Crippen LogP contribution < -0.4 is 10.6 Å². The predicted octanol–water partition coefficient (Wildman–Crippen LogP) is 4.17. The second-order valence-corrected chi connectivity index (χ2v) is 9.21. The highest BCUT2D eigenvalue weighted by molar-refractivity contribution is 7.99. The number of amides is 2. The van der Waals surface area contributed by atoms with Crippen molar-refractivity contribution in [2.75, 3.05) is 16.4 Å². The van der Waals surface area contributed by atoms with Crippen LogP contribution in [-0.4, -0.2) is 41.7 Å². The lowest BCUT2D eigenvalue weighted by molar-refractivity contribution is -0.113. The zero-order chi connectivity index (χ0) is 23.5. The van der Waals surface area contributed by atoms with Gasteiger partial charge in [0, 0.05) is 47.3 Å². The van der Waals surface area contributed by atoms with E-state index in [1.807, 2.05) is 53.5 Å². The smallest absolute Gasteiger partial charge is 0.255 e. The van der Waals surface area contributed by atoms with Crippen LogP contribution in [0.5, 0.6) is 0 Å². The van der Waals surface area contributed by atoms with E-state index in [4.69, 9.17) is 0 Å². The molecule has 2 aromatic carbocycles. The van der Waals surface area contributed by atoms with Gasteiger partial charge in [-0.3, -0.25) is 14.0 Å². The minimum Gasteiger partial charge on any atom is -0.325 e. The molecule has 0 unspecified atom stereocenters. The first kappa shape index (κ1) is 21.9. The summed E-state index contributed by atoms with van der Waals surface area (Å²) in [5.41, 5.74) is 3.51. The molecule has 0 atom stereocenters. The molecule has 0 aliphatic rings. The Kier molecular flexibility index (Phi) is 6.11. The number of aryl methyl sites for hydroxylation is 1. The number of imidazole rings is 1. The normalized spacial score (nSPS) is 11.0. The molecule has 5 rings (SSSR count). The second kappa shape index (κ2) is 9.49. The lowest BCUT2D eigenvalue weighted by atomic mass is 10.1. The van der Waals surface area contributed by atoms with Crippen molar-refractivity contribution in [2.24, 2.45) is 7.05 Å². The third-order valence-corrected chi connectivity index (χ3v) is 6.75. The highest BCUT2D eigenvalue weighted by Gasteiger charge is 2.11. The van der Waals surface area contributed by atoms with E-state index in [2.05, 4.69) is 25.8 Å². The van der Waals surface area contributed by atoms with Gasteiger partial charge in [0.1, 0.15) is 6.33 Å². The lowest BCUT2D eigenvalue weighted by Crippen LogP contribution is -2.16. The quantitative estimate of drug-likeness (QED) is 0.332. The molecule has 9 nitrogen and oxygen atoms in total. The summed E-state index contributed by atoms with van der Waals surface area (Å²) in [6.07, 6.45) is 5.53. The fourth-order valence-electron chi connectivity index (χ4n) is 3.26. The Bertz CT molecular complexity index is 1440. The third-order valence-electron chi connectivity index (χ3n) is 4.94. The molecule has 0 saturated carbocycles. The van der Waals surface area contributed by atoms with E-state index in [9.17, 15) is 9.59 Å². The van der Waals surface area contributed by atoms with Crippen molar-refractivity contribution in [1.82, 2.24) is 24.1 Å². The zero-order valence-electron chi connectivity index (χ0n) is 18.0. The number of rotatable bonds is 7. The number of hydrogen-bond donors (Lipinski definition) is 2. The number of thioether (sulfide) groups is 1. The number of aromatic nitrogens is 5. The molecule has 0 spiro atoms. The second-order valence-electron chi connectivity index (χ2n) is 7.39. The van der Waals surface area contributed by atoms with Crippen LogP contribution in [0.2, 0.25) is 0 Å². The van der Waals surface area contributed by atoms with Crippen LogP contribution in [0.4, 0.5) is 11.4 Å². The Morgan fingerprint density at radius 1 is 1.09 bits per heavy atom. The van der Waals surface area contributed by atoms with Crippen LogP contribution >= 0.6 is 23.1 Å². The van der Waals surface area contributed by atoms with E-state index in [-0.39, 0.29) is 17.6 Å².